The van der Waals surface area contributed by atoms with Crippen LogP contribution in [0.25, 0.3) is 11.5 Å². The van der Waals surface area contributed by atoms with E-state index in [0.29, 0.717) is 5.92 Å². The lowest BCUT2D eigenvalue weighted by Gasteiger charge is -2.31. The third-order valence-electron chi connectivity index (χ3n) is 3.85. The van der Waals surface area contributed by atoms with Crippen molar-refractivity contribution in [3.63, 3.8) is 0 Å². The maximum absolute atomic E-state index is 5.78. The highest BCUT2D eigenvalue weighted by Gasteiger charge is 2.22. The van der Waals surface area contributed by atoms with Crippen molar-refractivity contribution in [2.45, 2.75) is 19.8 Å². The van der Waals surface area contributed by atoms with Gasteiger partial charge in [-0.2, -0.15) is 10.1 Å². The predicted molar refractivity (Wildman–Crippen MR) is 77.3 cm³/mol. The monoisotopic (exact) mass is 275 g/mol. The standard InChI is InChI=1S/C13H21N7/c1-9-6-11(19(2)18-9)12-15-13(17-16-12)20-5-3-4-10(7-14)8-20/h6,10H,3-5,7-8,14H2,1-2H3,(H,15,16,17). The molecule has 2 aromatic rings. The molecule has 3 rings (SSSR count). The van der Waals surface area contributed by atoms with Crippen LogP contribution < -0.4 is 10.6 Å². The number of hydrogen-bond acceptors (Lipinski definition) is 5. The fourth-order valence-electron chi connectivity index (χ4n) is 2.78. The van der Waals surface area contributed by atoms with Gasteiger partial charge in [-0.25, -0.2) is 0 Å². The molecule has 0 saturated carbocycles. The Morgan fingerprint density at radius 3 is 3.05 bits per heavy atom. The van der Waals surface area contributed by atoms with E-state index in [2.05, 4.69) is 25.2 Å². The molecule has 1 saturated heterocycles. The van der Waals surface area contributed by atoms with Gasteiger partial charge in [-0.3, -0.25) is 9.78 Å². The summed E-state index contributed by atoms with van der Waals surface area (Å²) < 4.78 is 1.82. The van der Waals surface area contributed by atoms with Gasteiger partial charge in [-0.15, -0.1) is 5.10 Å². The smallest absolute Gasteiger partial charge is 0.245 e. The van der Waals surface area contributed by atoms with Crippen molar-refractivity contribution in [3.05, 3.63) is 11.8 Å². The first-order valence-electron chi connectivity index (χ1n) is 7.06. The Morgan fingerprint density at radius 2 is 2.35 bits per heavy atom. The molecule has 0 bridgehead atoms. The quantitative estimate of drug-likeness (QED) is 0.860. The average Bonchev–Trinajstić information content (AvgIpc) is 3.05. The summed E-state index contributed by atoms with van der Waals surface area (Å²) in [5.41, 5.74) is 7.70. The van der Waals surface area contributed by atoms with E-state index in [9.17, 15) is 0 Å². The van der Waals surface area contributed by atoms with E-state index >= 15 is 0 Å². The van der Waals surface area contributed by atoms with Crippen molar-refractivity contribution in [1.82, 2.24) is 25.0 Å². The lowest BCUT2D eigenvalue weighted by molar-refractivity contribution is 0.420. The fourth-order valence-corrected chi connectivity index (χ4v) is 2.78. The minimum Gasteiger partial charge on any atom is -0.339 e. The van der Waals surface area contributed by atoms with Crippen molar-refractivity contribution in [3.8, 4) is 11.5 Å². The van der Waals surface area contributed by atoms with E-state index in [4.69, 9.17) is 5.73 Å². The van der Waals surface area contributed by atoms with Gasteiger partial charge < -0.3 is 10.6 Å². The molecule has 1 atom stereocenters. The van der Waals surface area contributed by atoms with Gasteiger partial charge in [-0.05, 0) is 38.3 Å². The summed E-state index contributed by atoms with van der Waals surface area (Å²) in [5, 5.41) is 11.7. The molecule has 3 heterocycles. The summed E-state index contributed by atoms with van der Waals surface area (Å²) >= 11 is 0. The van der Waals surface area contributed by atoms with Gasteiger partial charge in [0.05, 0.1) is 5.69 Å². The van der Waals surface area contributed by atoms with Crippen LogP contribution in [0.5, 0.6) is 0 Å². The van der Waals surface area contributed by atoms with Gasteiger partial charge in [0, 0.05) is 20.1 Å². The van der Waals surface area contributed by atoms with E-state index in [1.165, 1.54) is 6.42 Å². The number of H-pyrrole nitrogens is 1. The molecule has 1 fully saturated rings. The number of aryl methyl sites for hydroxylation is 2. The Morgan fingerprint density at radius 1 is 1.50 bits per heavy atom. The third kappa shape index (κ3) is 2.40. The fraction of sp³-hybridized carbons (Fsp3) is 0.615. The van der Waals surface area contributed by atoms with Crippen LogP contribution in [-0.4, -0.2) is 44.6 Å². The number of hydrogen-bond donors (Lipinski definition) is 2. The van der Waals surface area contributed by atoms with Crippen LogP contribution >= 0.6 is 0 Å². The molecule has 2 aromatic heterocycles. The molecule has 0 spiro atoms. The van der Waals surface area contributed by atoms with E-state index in [1.807, 2.05) is 24.7 Å². The van der Waals surface area contributed by atoms with Crippen LogP contribution in [0, 0.1) is 12.8 Å². The highest BCUT2D eigenvalue weighted by Crippen LogP contribution is 2.22. The number of nitrogens with one attached hydrogen (secondary N) is 1. The second kappa shape index (κ2) is 5.24. The molecule has 1 aliphatic rings. The van der Waals surface area contributed by atoms with Crippen LogP contribution in [0.3, 0.4) is 0 Å². The Bertz CT molecular complexity index is 585. The first-order chi connectivity index (χ1) is 9.67. The van der Waals surface area contributed by atoms with E-state index < -0.39 is 0 Å². The normalized spacial score (nSPS) is 19.6. The summed E-state index contributed by atoms with van der Waals surface area (Å²) in [6.45, 7) is 4.64. The van der Waals surface area contributed by atoms with Crippen LogP contribution in [0.1, 0.15) is 18.5 Å². The van der Waals surface area contributed by atoms with Crippen molar-refractivity contribution in [2.24, 2.45) is 18.7 Å². The van der Waals surface area contributed by atoms with Crippen LogP contribution in [0.2, 0.25) is 0 Å². The predicted octanol–water partition coefficient (Wildman–Crippen LogP) is 0.689. The van der Waals surface area contributed by atoms with E-state index in [-0.39, 0.29) is 0 Å². The van der Waals surface area contributed by atoms with Crippen molar-refractivity contribution in [2.75, 3.05) is 24.5 Å². The minimum atomic E-state index is 0.546. The molecule has 0 aliphatic carbocycles. The molecule has 7 heteroatoms. The average molecular weight is 275 g/mol. The molecule has 1 unspecified atom stereocenters. The zero-order valence-corrected chi connectivity index (χ0v) is 12.0. The van der Waals surface area contributed by atoms with E-state index in [0.717, 1.165) is 49.2 Å². The molecule has 3 N–H and O–H groups in total. The van der Waals surface area contributed by atoms with Crippen molar-refractivity contribution in [1.29, 1.82) is 0 Å². The second-order valence-electron chi connectivity index (χ2n) is 5.47. The third-order valence-corrected chi connectivity index (χ3v) is 3.85. The second-order valence-corrected chi connectivity index (χ2v) is 5.47. The van der Waals surface area contributed by atoms with Gasteiger partial charge in [0.1, 0.15) is 5.69 Å². The molecular weight excluding hydrogens is 254 g/mol. The molecule has 0 radical (unpaired) electrons. The van der Waals surface area contributed by atoms with Crippen molar-refractivity contribution >= 4 is 5.95 Å². The summed E-state index contributed by atoms with van der Waals surface area (Å²) in [6, 6.07) is 2.00. The number of nitrogens with two attached hydrogens (primary N) is 1. The van der Waals surface area contributed by atoms with E-state index in [1.54, 1.807) is 0 Å². The highest BCUT2D eigenvalue weighted by atomic mass is 15.4. The van der Waals surface area contributed by atoms with Crippen LogP contribution in [-0.2, 0) is 7.05 Å². The molecule has 1 aliphatic heterocycles. The summed E-state index contributed by atoms with van der Waals surface area (Å²) in [5.74, 6) is 2.07. The number of nitrogens with zero attached hydrogens (tertiary/aromatic N) is 5. The summed E-state index contributed by atoms with van der Waals surface area (Å²) in [7, 11) is 1.91. The zero-order valence-electron chi connectivity index (χ0n) is 12.0. The molecule has 20 heavy (non-hydrogen) atoms. The van der Waals surface area contributed by atoms with Gasteiger partial charge in [0.2, 0.25) is 5.95 Å². The molecule has 0 amide bonds. The van der Waals surface area contributed by atoms with Gasteiger partial charge in [-0.1, -0.05) is 0 Å². The number of aromatic amines is 1. The van der Waals surface area contributed by atoms with Crippen molar-refractivity contribution < 1.29 is 0 Å². The molecule has 108 valence electrons. The Labute approximate surface area is 118 Å². The largest absolute Gasteiger partial charge is 0.339 e. The number of rotatable bonds is 3. The Kier molecular flexibility index (Phi) is 3.43. The number of piperidine rings is 1. The lowest BCUT2D eigenvalue weighted by atomic mass is 9.99. The maximum atomic E-state index is 5.78. The first-order valence-corrected chi connectivity index (χ1v) is 7.06. The van der Waals surface area contributed by atoms with Gasteiger partial charge >= 0.3 is 0 Å². The zero-order chi connectivity index (χ0) is 14.1. The maximum Gasteiger partial charge on any atom is 0.245 e. The number of aromatic nitrogens is 5. The molecule has 0 aromatic carbocycles. The summed E-state index contributed by atoms with van der Waals surface area (Å²) in [4.78, 5) is 6.82. The molecular formula is C13H21N7. The molecule has 7 nitrogen and oxygen atoms in total. The topological polar surface area (TPSA) is 88.7 Å². The first kappa shape index (κ1) is 13.1. The van der Waals surface area contributed by atoms with Crippen LogP contribution in [0.4, 0.5) is 5.95 Å². The minimum absolute atomic E-state index is 0.546. The highest BCUT2D eigenvalue weighted by molar-refractivity contribution is 5.52. The summed E-state index contributed by atoms with van der Waals surface area (Å²) in [6.07, 6.45) is 2.35. The van der Waals surface area contributed by atoms with Gasteiger partial charge in [0.25, 0.3) is 0 Å². The SMILES string of the molecule is Cc1cc(-c2nc(N3CCCC(CN)C3)n[nH]2)n(C)n1. The number of anilines is 1. The Hall–Kier alpha value is -1.89. The van der Waals surface area contributed by atoms with Gasteiger partial charge in [0.15, 0.2) is 5.82 Å². The van der Waals surface area contributed by atoms with Crippen LogP contribution in [0.15, 0.2) is 6.07 Å². The Balaban J connectivity index is 1.81. The lowest BCUT2D eigenvalue weighted by Crippen LogP contribution is -2.38.